The number of amides is 1. The highest BCUT2D eigenvalue weighted by atomic mass is 19.1. The van der Waals surface area contributed by atoms with E-state index >= 15 is 0 Å². The monoisotopic (exact) mass is 341 g/mol. The molecule has 1 aliphatic heterocycles. The number of ether oxygens (including phenoxy) is 1. The quantitative estimate of drug-likeness (QED) is 0.878. The molecule has 0 aromatic heterocycles. The Morgan fingerprint density at radius 1 is 1.24 bits per heavy atom. The van der Waals surface area contributed by atoms with Crippen molar-refractivity contribution in [1.29, 1.82) is 0 Å². The zero-order valence-electron chi connectivity index (χ0n) is 13.9. The molecule has 3 rings (SSSR count). The number of carbonyl (C=O) groups excluding carboxylic acids is 1. The van der Waals surface area contributed by atoms with E-state index in [-0.39, 0.29) is 24.4 Å². The lowest BCUT2D eigenvalue weighted by molar-refractivity contribution is -0.118. The molecule has 0 spiro atoms. The Kier molecular flexibility index (Phi) is 5.14. The van der Waals surface area contributed by atoms with Crippen LogP contribution in [0, 0.1) is 5.82 Å². The minimum atomic E-state index is -0.770. The van der Waals surface area contributed by atoms with Gasteiger partial charge in [0.15, 0.2) is 0 Å². The minimum Gasteiger partial charge on any atom is -0.488 e. The molecular formula is C20H20FNO3. The molecule has 2 aromatic rings. The van der Waals surface area contributed by atoms with Gasteiger partial charge in [0.2, 0.25) is 0 Å². The largest absolute Gasteiger partial charge is 0.488 e. The van der Waals surface area contributed by atoms with Gasteiger partial charge < -0.3 is 15.2 Å². The predicted octanol–water partition coefficient (Wildman–Crippen LogP) is 3.23. The molecule has 4 nitrogen and oxygen atoms in total. The van der Waals surface area contributed by atoms with Gasteiger partial charge in [-0.2, -0.15) is 0 Å². The van der Waals surface area contributed by atoms with Crippen LogP contribution in [0.4, 0.5) is 4.39 Å². The van der Waals surface area contributed by atoms with Crippen LogP contribution in [0.3, 0.4) is 0 Å². The van der Waals surface area contributed by atoms with E-state index in [1.54, 1.807) is 12.1 Å². The van der Waals surface area contributed by atoms with Crippen molar-refractivity contribution in [3.63, 3.8) is 0 Å². The Hall–Kier alpha value is -2.66. The molecule has 2 N–H and O–H groups in total. The number of benzene rings is 2. The van der Waals surface area contributed by atoms with E-state index in [1.807, 2.05) is 37.3 Å². The molecule has 25 heavy (non-hydrogen) atoms. The zero-order chi connectivity index (χ0) is 17.8. The summed E-state index contributed by atoms with van der Waals surface area (Å²) in [5.41, 5.74) is 2.04. The molecule has 1 amide bonds. The van der Waals surface area contributed by atoms with Crippen molar-refractivity contribution in [3.05, 3.63) is 71.0 Å². The van der Waals surface area contributed by atoms with Crippen molar-refractivity contribution < 1.29 is 19.0 Å². The van der Waals surface area contributed by atoms with Crippen molar-refractivity contribution in [2.24, 2.45) is 0 Å². The fraction of sp³-hybridized carbons (Fsp3) is 0.250. The molecule has 0 fully saturated rings. The maximum atomic E-state index is 12.9. The molecule has 2 aromatic carbocycles. The van der Waals surface area contributed by atoms with Gasteiger partial charge in [-0.3, -0.25) is 4.79 Å². The van der Waals surface area contributed by atoms with Crippen LogP contribution in [-0.4, -0.2) is 23.7 Å². The van der Waals surface area contributed by atoms with Crippen LogP contribution in [0.5, 0.6) is 5.75 Å². The van der Waals surface area contributed by atoms with Gasteiger partial charge in [0.1, 0.15) is 18.2 Å². The maximum Gasteiger partial charge on any atom is 0.250 e. The number of rotatable bonds is 5. The van der Waals surface area contributed by atoms with Gasteiger partial charge in [-0.15, -0.1) is 0 Å². The second-order valence-corrected chi connectivity index (χ2v) is 6.17. The van der Waals surface area contributed by atoms with Crippen LogP contribution >= 0.6 is 0 Å². The van der Waals surface area contributed by atoms with Crippen LogP contribution in [0.1, 0.15) is 30.6 Å². The molecule has 1 aliphatic rings. The molecule has 2 unspecified atom stereocenters. The first-order valence-corrected chi connectivity index (χ1v) is 8.19. The third kappa shape index (κ3) is 4.25. The average Bonchev–Trinajstić information content (AvgIpc) is 2.61. The van der Waals surface area contributed by atoms with Crippen molar-refractivity contribution >= 4 is 12.0 Å². The number of aliphatic hydroxyl groups is 1. The third-order valence-corrected chi connectivity index (χ3v) is 4.13. The smallest absolute Gasteiger partial charge is 0.250 e. The molecule has 1 heterocycles. The summed E-state index contributed by atoms with van der Waals surface area (Å²) in [6.45, 7) is 2.04. The SMILES string of the molecule is CC(CC(O)c1ccc(F)cc1)NC(=O)C1=Cc2ccccc2OC1. The number of nitrogens with one attached hydrogen (secondary N) is 1. The first kappa shape index (κ1) is 17.2. The predicted molar refractivity (Wildman–Crippen MR) is 93.5 cm³/mol. The van der Waals surface area contributed by atoms with Gasteiger partial charge in [-0.05, 0) is 43.2 Å². The average molecular weight is 341 g/mol. The lowest BCUT2D eigenvalue weighted by Gasteiger charge is -2.21. The van der Waals surface area contributed by atoms with Crippen molar-refractivity contribution in [3.8, 4) is 5.75 Å². The molecule has 5 heteroatoms. The van der Waals surface area contributed by atoms with Gasteiger partial charge in [-0.1, -0.05) is 30.3 Å². The summed E-state index contributed by atoms with van der Waals surface area (Å²) in [7, 11) is 0. The second kappa shape index (κ2) is 7.49. The van der Waals surface area contributed by atoms with Gasteiger partial charge in [-0.25, -0.2) is 4.39 Å². The first-order valence-electron chi connectivity index (χ1n) is 8.19. The van der Waals surface area contributed by atoms with E-state index in [0.29, 0.717) is 17.6 Å². The fourth-order valence-electron chi connectivity index (χ4n) is 2.78. The lowest BCUT2D eigenvalue weighted by atomic mass is 10.0. The van der Waals surface area contributed by atoms with E-state index in [0.717, 1.165) is 11.3 Å². The summed E-state index contributed by atoms with van der Waals surface area (Å²) in [5.74, 6) is 0.203. The summed E-state index contributed by atoms with van der Waals surface area (Å²) in [6, 6.07) is 13.0. The van der Waals surface area contributed by atoms with E-state index in [9.17, 15) is 14.3 Å². The summed E-state index contributed by atoms with van der Waals surface area (Å²) < 4.78 is 18.5. The molecule has 0 radical (unpaired) electrons. The number of hydrogen-bond acceptors (Lipinski definition) is 3. The second-order valence-electron chi connectivity index (χ2n) is 6.17. The lowest BCUT2D eigenvalue weighted by Crippen LogP contribution is -2.36. The van der Waals surface area contributed by atoms with Gasteiger partial charge >= 0.3 is 0 Å². The Balaban J connectivity index is 1.59. The highest BCUT2D eigenvalue weighted by Gasteiger charge is 2.20. The Bertz CT molecular complexity index is 786. The van der Waals surface area contributed by atoms with Crippen LogP contribution in [-0.2, 0) is 4.79 Å². The summed E-state index contributed by atoms with van der Waals surface area (Å²) in [6.07, 6.45) is 1.38. The summed E-state index contributed by atoms with van der Waals surface area (Å²) >= 11 is 0. The number of aliphatic hydroxyl groups excluding tert-OH is 1. The maximum absolute atomic E-state index is 12.9. The number of carbonyl (C=O) groups is 1. The summed E-state index contributed by atoms with van der Waals surface area (Å²) in [4.78, 5) is 12.4. The topological polar surface area (TPSA) is 58.6 Å². The number of halogens is 1. The van der Waals surface area contributed by atoms with Gasteiger partial charge in [0.05, 0.1) is 11.7 Å². The molecule has 0 saturated heterocycles. The molecular weight excluding hydrogens is 321 g/mol. The van der Waals surface area contributed by atoms with E-state index in [1.165, 1.54) is 12.1 Å². The van der Waals surface area contributed by atoms with Gasteiger partial charge in [0.25, 0.3) is 5.91 Å². The minimum absolute atomic E-state index is 0.215. The van der Waals surface area contributed by atoms with Crippen molar-refractivity contribution in [1.82, 2.24) is 5.32 Å². The third-order valence-electron chi connectivity index (χ3n) is 4.13. The normalized spacial score (nSPS) is 15.4. The Labute approximate surface area is 145 Å². The molecule has 2 atom stereocenters. The van der Waals surface area contributed by atoms with Crippen molar-refractivity contribution in [2.45, 2.75) is 25.5 Å². The Morgan fingerprint density at radius 3 is 2.72 bits per heavy atom. The van der Waals surface area contributed by atoms with E-state index < -0.39 is 6.10 Å². The number of para-hydroxylation sites is 1. The van der Waals surface area contributed by atoms with Crippen LogP contribution < -0.4 is 10.1 Å². The standard InChI is InChI=1S/C20H20FNO3/c1-13(10-18(23)14-6-8-17(21)9-7-14)22-20(24)16-11-15-4-2-3-5-19(15)25-12-16/h2-9,11,13,18,23H,10,12H2,1H3,(H,22,24). The Morgan fingerprint density at radius 2 is 1.96 bits per heavy atom. The van der Waals surface area contributed by atoms with Crippen LogP contribution in [0.2, 0.25) is 0 Å². The summed E-state index contributed by atoms with van der Waals surface area (Å²) in [5, 5.41) is 13.1. The first-order chi connectivity index (χ1) is 12.0. The highest BCUT2D eigenvalue weighted by Crippen LogP contribution is 2.26. The molecule has 130 valence electrons. The molecule has 0 bridgehead atoms. The zero-order valence-corrected chi connectivity index (χ0v) is 13.9. The van der Waals surface area contributed by atoms with E-state index in [4.69, 9.17) is 4.74 Å². The van der Waals surface area contributed by atoms with Crippen LogP contribution in [0.15, 0.2) is 54.1 Å². The highest BCUT2D eigenvalue weighted by molar-refractivity contribution is 5.99. The number of hydrogen-bond donors (Lipinski definition) is 2. The number of fused-ring (bicyclic) bond motifs is 1. The van der Waals surface area contributed by atoms with E-state index in [2.05, 4.69) is 5.32 Å². The molecule has 0 aliphatic carbocycles. The van der Waals surface area contributed by atoms with Gasteiger partial charge in [0, 0.05) is 11.6 Å². The molecule has 0 saturated carbocycles. The van der Waals surface area contributed by atoms with Crippen LogP contribution in [0.25, 0.3) is 6.08 Å². The van der Waals surface area contributed by atoms with Crippen molar-refractivity contribution in [2.75, 3.05) is 6.61 Å². The fourth-order valence-corrected chi connectivity index (χ4v) is 2.78.